The fourth-order valence-corrected chi connectivity index (χ4v) is 0. The lowest BCUT2D eigenvalue weighted by atomic mass is 11.8. The molecule has 0 heterocycles. The zero-order valence-electron chi connectivity index (χ0n) is 3.32. The Morgan fingerprint density at radius 1 is 1.33 bits per heavy atom. The van der Waals surface area contributed by atoms with Crippen LogP contribution in [-0.2, 0) is 0 Å². The van der Waals surface area contributed by atoms with Gasteiger partial charge in [0.2, 0.25) is 0 Å². The van der Waals surface area contributed by atoms with Crippen molar-refractivity contribution in [3.05, 3.63) is 0 Å². The molecule has 0 atom stereocenters. The third-order valence-electron chi connectivity index (χ3n) is 0. The van der Waals surface area contributed by atoms with Crippen LogP contribution in [0.15, 0.2) is 0 Å². The second kappa shape index (κ2) is 40.6. The van der Waals surface area contributed by atoms with Crippen molar-refractivity contribution >= 4 is 35.6 Å². The molecular formula is C2H7Cl3O. The molecule has 0 aliphatic rings. The second-order valence-electron chi connectivity index (χ2n) is 0.101. The first-order valence-corrected chi connectivity index (χ1v) is 2.05. The van der Waals surface area contributed by atoms with E-state index in [1.807, 2.05) is 0 Å². The van der Waals surface area contributed by atoms with Gasteiger partial charge in [0.05, 0.1) is 5.34 Å². The minimum Gasteiger partial charge on any atom is -0.400 e. The van der Waals surface area contributed by atoms with Gasteiger partial charge < -0.3 is 5.11 Å². The van der Waals surface area contributed by atoms with Gasteiger partial charge in [-0.3, -0.25) is 0 Å². The van der Waals surface area contributed by atoms with Crippen molar-refractivity contribution < 1.29 is 5.11 Å². The van der Waals surface area contributed by atoms with Crippen LogP contribution >= 0.6 is 35.6 Å². The molecule has 0 aliphatic heterocycles. The van der Waals surface area contributed by atoms with Gasteiger partial charge in [-0.1, -0.05) is 0 Å². The summed E-state index contributed by atoms with van der Waals surface area (Å²) in [6, 6.07) is 0. The van der Waals surface area contributed by atoms with Gasteiger partial charge in [-0.05, 0) is 0 Å². The van der Waals surface area contributed by atoms with E-state index >= 15 is 0 Å². The van der Waals surface area contributed by atoms with Crippen molar-refractivity contribution in [1.29, 1.82) is 0 Å². The summed E-state index contributed by atoms with van der Waals surface area (Å²) >= 11 is 9.53. The van der Waals surface area contributed by atoms with E-state index < -0.39 is 0 Å². The maximum Gasteiger partial charge on any atom is 0.0967 e. The van der Waals surface area contributed by atoms with Crippen molar-refractivity contribution in [2.75, 3.05) is 12.4 Å². The predicted octanol–water partition coefficient (Wildman–Crippen LogP) is 1.45. The van der Waals surface area contributed by atoms with Crippen molar-refractivity contribution in [3.8, 4) is 0 Å². The molecule has 0 radical (unpaired) electrons. The number of aliphatic hydroxyl groups is 1. The Bertz CT molecular complexity index is 8.75. The van der Waals surface area contributed by atoms with Gasteiger partial charge >= 0.3 is 0 Å². The highest BCUT2D eigenvalue weighted by molar-refractivity contribution is 6.40. The standard InChI is InChI=1S/CH2Cl2.CH4O.ClH/c2-1-3;1-2;/h1H2;2H,1H3;1H. The van der Waals surface area contributed by atoms with E-state index in [1.54, 1.807) is 0 Å². The molecule has 0 spiro atoms. The van der Waals surface area contributed by atoms with Crippen molar-refractivity contribution in [1.82, 2.24) is 0 Å². The first-order valence-electron chi connectivity index (χ1n) is 0.982. The predicted molar refractivity (Wildman–Crippen MR) is 32.0 cm³/mol. The van der Waals surface area contributed by atoms with Gasteiger partial charge in [0.1, 0.15) is 0 Å². The minimum absolute atomic E-state index is 0. The lowest BCUT2D eigenvalue weighted by molar-refractivity contribution is 0.399. The normalized spacial score (nSPS) is 4.00. The molecule has 0 amide bonds. The minimum atomic E-state index is 0. The van der Waals surface area contributed by atoms with E-state index in [9.17, 15) is 0 Å². The number of hydrogen-bond acceptors (Lipinski definition) is 1. The molecule has 4 heteroatoms. The Morgan fingerprint density at radius 3 is 1.33 bits per heavy atom. The van der Waals surface area contributed by atoms with E-state index in [2.05, 4.69) is 0 Å². The molecule has 0 unspecified atom stereocenters. The molecule has 0 fully saturated rings. The Kier molecular flexibility index (Phi) is 107. The summed E-state index contributed by atoms with van der Waals surface area (Å²) in [7, 11) is 1.00. The zero-order valence-corrected chi connectivity index (χ0v) is 5.65. The van der Waals surface area contributed by atoms with Gasteiger partial charge in [-0.15, -0.1) is 35.6 Å². The molecule has 42 valence electrons. The molecule has 6 heavy (non-hydrogen) atoms. The summed E-state index contributed by atoms with van der Waals surface area (Å²) < 4.78 is 0. The lowest BCUT2D eigenvalue weighted by Crippen LogP contribution is -1.25. The van der Waals surface area contributed by atoms with Gasteiger partial charge in [0, 0.05) is 7.11 Å². The second-order valence-corrected chi connectivity index (χ2v) is 0.909. The first-order chi connectivity index (χ1) is 2.41. The Morgan fingerprint density at radius 2 is 1.33 bits per heavy atom. The molecule has 1 nitrogen and oxygen atoms in total. The van der Waals surface area contributed by atoms with E-state index in [1.165, 1.54) is 0 Å². The molecule has 0 rings (SSSR count). The molecular weight excluding hydrogens is 146 g/mol. The lowest BCUT2D eigenvalue weighted by Gasteiger charge is -1.42. The number of rotatable bonds is 0. The highest BCUT2D eigenvalue weighted by atomic mass is 35.5. The van der Waals surface area contributed by atoms with Gasteiger partial charge in [-0.2, -0.15) is 0 Å². The fraction of sp³-hybridized carbons (Fsp3) is 1.00. The van der Waals surface area contributed by atoms with Crippen LogP contribution < -0.4 is 0 Å². The first kappa shape index (κ1) is 15.8. The van der Waals surface area contributed by atoms with Gasteiger partial charge in [0.15, 0.2) is 0 Å². The monoisotopic (exact) mass is 152 g/mol. The summed E-state index contributed by atoms with van der Waals surface area (Å²) in [5.41, 5.74) is 0. The smallest absolute Gasteiger partial charge is 0.0967 e. The van der Waals surface area contributed by atoms with Crippen LogP contribution in [0.5, 0.6) is 0 Å². The molecule has 1 N–H and O–H groups in total. The summed E-state index contributed by atoms with van der Waals surface area (Å²) in [5.74, 6) is 0. The average Bonchev–Trinajstić information content (AvgIpc) is 1.46. The third-order valence-corrected chi connectivity index (χ3v) is 0. The van der Waals surface area contributed by atoms with Crippen LogP contribution in [0.1, 0.15) is 0 Å². The Balaban J connectivity index is -0.0000000275. The van der Waals surface area contributed by atoms with Crippen LogP contribution in [0.2, 0.25) is 0 Å². The summed E-state index contributed by atoms with van der Waals surface area (Å²) in [6.07, 6.45) is 0. The number of aliphatic hydroxyl groups excluding tert-OH is 1. The molecule has 0 aromatic heterocycles. The number of halogens is 3. The number of hydrogen-bond donors (Lipinski definition) is 1. The van der Waals surface area contributed by atoms with Crippen LogP contribution in [-0.4, -0.2) is 17.6 Å². The average molecular weight is 153 g/mol. The van der Waals surface area contributed by atoms with Crippen molar-refractivity contribution in [2.24, 2.45) is 0 Å². The Hall–Kier alpha value is 0.830. The van der Waals surface area contributed by atoms with E-state index in [-0.39, 0.29) is 17.7 Å². The SMILES string of the molecule is CO.Cl.ClCCl. The zero-order chi connectivity index (χ0) is 4.71. The van der Waals surface area contributed by atoms with Gasteiger partial charge in [0.25, 0.3) is 0 Å². The fourth-order valence-electron chi connectivity index (χ4n) is 0. The topological polar surface area (TPSA) is 20.2 Å². The molecule has 0 aromatic rings. The molecule has 0 bridgehead atoms. The van der Waals surface area contributed by atoms with Gasteiger partial charge in [-0.25, -0.2) is 0 Å². The van der Waals surface area contributed by atoms with Crippen LogP contribution in [0.4, 0.5) is 0 Å². The molecule has 0 saturated heterocycles. The summed E-state index contributed by atoms with van der Waals surface area (Å²) in [6.45, 7) is 0. The largest absolute Gasteiger partial charge is 0.400 e. The highest BCUT2D eigenvalue weighted by Crippen LogP contribution is 1.73. The van der Waals surface area contributed by atoms with E-state index in [4.69, 9.17) is 28.3 Å². The van der Waals surface area contributed by atoms with Crippen LogP contribution in [0.25, 0.3) is 0 Å². The summed E-state index contributed by atoms with van der Waals surface area (Å²) in [4.78, 5) is 0. The highest BCUT2D eigenvalue weighted by Gasteiger charge is 1.41. The van der Waals surface area contributed by atoms with Crippen molar-refractivity contribution in [2.45, 2.75) is 0 Å². The molecule has 0 aromatic carbocycles. The molecule has 0 saturated carbocycles. The number of alkyl halides is 2. The van der Waals surface area contributed by atoms with E-state index in [0.717, 1.165) is 7.11 Å². The van der Waals surface area contributed by atoms with Crippen LogP contribution in [0, 0.1) is 0 Å². The maximum absolute atomic E-state index is 7.00. The Labute approximate surface area is 53.7 Å². The third kappa shape index (κ3) is 103. The van der Waals surface area contributed by atoms with E-state index in [0.29, 0.717) is 0 Å². The quantitative estimate of drug-likeness (QED) is 0.522. The van der Waals surface area contributed by atoms with Crippen LogP contribution in [0.3, 0.4) is 0 Å². The maximum atomic E-state index is 7.00. The van der Waals surface area contributed by atoms with Crippen molar-refractivity contribution in [3.63, 3.8) is 0 Å². The summed E-state index contributed by atoms with van der Waals surface area (Å²) in [5, 5.41) is 7.19. The molecule has 0 aliphatic carbocycles.